The van der Waals surface area contributed by atoms with E-state index in [0.29, 0.717) is 18.6 Å². The Labute approximate surface area is 178 Å². The van der Waals surface area contributed by atoms with E-state index in [4.69, 9.17) is 9.31 Å². The first-order chi connectivity index (χ1) is 14.1. The molecule has 0 saturated carbocycles. The van der Waals surface area contributed by atoms with Crippen LogP contribution in [0.3, 0.4) is 0 Å². The van der Waals surface area contributed by atoms with Gasteiger partial charge in [-0.1, -0.05) is 6.92 Å². The first kappa shape index (κ1) is 23.3. The molecule has 1 atom stereocenters. The molecule has 1 fully saturated rings. The molecular weight excluding hydrogens is 417 g/mol. The van der Waals surface area contributed by atoms with Gasteiger partial charge in [0.25, 0.3) is 0 Å². The number of benzene rings is 1. The van der Waals surface area contributed by atoms with Crippen LogP contribution in [-0.4, -0.2) is 30.6 Å². The molecule has 0 spiro atoms. The Hall–Kier alpha value is -2.40. The normalized spacial score (nSPS) is 24.7. The SMILES string of the molecule is CC1(B2OC(C)(C)C(C)(C)O2)C=NC(NC(=O)Nc2ccc(F)c(C(F)(F)F)c2)=CC1. The molecule has 1 aromatic rings. The standard InChI is InChI=1S/C20H24BF4N3O3/c1-17(2)18(3,4)31-21(30-17)19(5)9-8-15(26-11-19)28-16(29)27-12-6-7-14(22)13(10-12)20(23,24)25/h6-8,10-11H,9H2,1-5H3,(H2,27,28,29). The third-order valence-electron chi connectivity index (χ3n) is 5.80. The number of halogens is 4. The summed E-state index contributed by atoms with van der Waals surface area (Å²) in [5, 5.41) is 4.14. The van der Waals surface area contributed by atoms with Gasteiger partial charge in [-0.05, 0) is 58.4 Å². The number of rotatable bonds is 3. The Morgan fingerprint density at radius 1 is 1.10 bits per heavy atom. The van der Waals surface area contributed by atoms with E-state index in [1.165, 1.54) is 0 Å². The predicted octanol–water partition coefficient (Wildman–Crippen LogP) is 5.13. The number of nitrogens with zero attached hydrogens (tertiary/aromatic N) is 1. The average Bonchev–Trinajstić information content (AvgIpc) is 2.86. The van der Waals surface area contributed by atoms with E-state index in [1.807, 2.05) is 34.6 Å². The van der Waals surface area contributed by atoms with Crippen molar-refractivity contribution in [3.63, 3.8) is 0 Å². The Morgan fingerprint density at radius 2 is 1.71 bits per heavy atom. The first-order valence-corrected chi connectivity index (χ1v) is 9.69. The van der Waals surface area contributed by atoms with E-state index in [-0.39, 0.29) is 11.5 Å². The number of allylic oxidation sites excluding steroid dienone is 1. The molecule has 0 aromatic heterocycles. The summed E-state index contributed by atoms with van der Waals surface area (Å²) in [6, 6.07) is 1.41. The van der Waals surface area contributed by atoms with Crippen molar-refractivity contribution in [2.24, 2.45) is 4.99 Å². The van der Waals surface area contributed by atoms with Gasteiger partial charge in [-0.15, -0.1) is 0 Å². The van der Waals surface area contributed by atoms with Gasteiger partial charge in [-0.3, -0.25) is 5.32 Å². The number of amides is 2. The number of nitrogens with one attached hydrogen (secondary N) is 2. The maximum Gasteiger partial charge on any atom is 0.470 e. The van der Waals surface area contributed by atoms with Gasteiger partial charge >= 0.3 is 19.3 Å². The molecule has 3 rings (SSSR count). The van der Waals surface area contributed by atoms with E-state index in [1.54, 1.807) is 12.3 Å². The lowest BCUT2D eigenvalue weighted by atomic mass is 9.57. The van der Waals surface area contributed by atoms with Crippen LogP contribution >= 0.6 is 0 Å². The molecule has 1 saturated heterocycles. The molecule has 1 aromatic carbocycles. The summed E-state index contributed by atoms with van der Waals surface area (Å²) in [5.41, 5.74) is -2.66. The second-order valence-corrected chi connectivity index (χ2v) is 8.92. The van der Waals surface area contributed by atoms with Crippen LogP contribution in [0.1, 0.15) is 46.6 Å². The van der Waals surface area contributed by atoms with E-state index < -0.39 is 47.2 Å². The minimum atomic E-state index is -4.87. The fraction of sp³-hybridized carbons (Fsp3) is 0.500. The fourth-order valence-electron chi connectivity index (χ4n) is 3.09. The summed E-state index contributed by atoms with van der Waals surface area (Å²) in [6.07, 6.45) is -1.11. The number of hydrogen-bond acceptors (Lipinski definition) is 4. The number of aliphatic imine (C=N–C) groups is 1. The summed E-state index contributed by atoms with van der Waals surface area (Å²) in [4.78, 5) is 16.4. The van der Waals surface area contributed by atoms with E-state index in [9.17, 15) is 22.4 Å². The second-order valence-electron chi connectivity index (χ2n) is 8.92. The van der Waals surface area contributed by atoms with Gasteiger partial charge in [-0.2, -0.15) is 13.2 Å². The molecule has 31 heavy (non-hydrogen) atoms. The minimum Gasteiger partial charge on any atom is -0.403 e. The smallest absolute Gasteiger partial charge is 0.403 e. The number of carbonyl (C=O) groups is 1. The van der Waals surface area contributed by atoms with Crippen molar-refractivity contribution in [1.29, 1.82) is 0 Å². The summed E-state index contributed by atoms with van der Waals surface area (Å²) >= 11 is 0. The summed E-state index contributed by atoms with van der Waals surface area (Å²) in [5.74, 6) is -1.19. The molecule has 0 aliphatic carbocycles. The molecule has 6 nitrogen and oxygen atoms in total. The van der Waals surface area contributed by atoms with Gasteiger partial charge in [0, 0.05) is 17.2 Å². The Bertz CT molecular complexity index is 930. The zero-order chi connectivity index (χ0) is 23.2. The largest absolute Gasteiger partial charge is 0.470 e. The molecule has 2 aliphatic rings. The van der Waals surface area contributed by atoms with Gasteiger partial charge in [0.1, 0.15) is 11.6 Å². The zero-order valence-electron chi connectivity index (χ0n) is 17.9. The highest BCUT2D eigenvalue weighted by molar-refractivity contribution is 6.54. The predicted molar refractivity (Wildman–Crippen MR) is 109 cm³/mol. The number of hydrogen-bond donors (Lipinski definition) is 2. The summed E-state index contributed by atoms with van der Waals surface area (Å²) < 4.78 is 64.0. The molecular formula is C20H24BF4N3O3. The lowest BCUT2D eigenvalue weighted by Crippen LogP contribution is -2.41. The van der Waals surface area contributed by atoms with E-state index in [0.717, 1.165) is 6.07 Å². The van der Waals surface area contributed by atoms with Gasteiger partial charge in [0.05, 0.1) is 16.8 Å². The van der Waals surface area contributed by atoms with Crippen molar-refractivity contribution in [1.82, 2.24) is 5.32 Å². The van der Waals surface area contributed by atoms with Crippen molar-refractivity contribution in [3.8, 4) is 0 Å². The van der Waals surface area contributed by atoms with E-state index >= 15 is 0 Å². The number of carbonyl (C=O) groups excluding carboxylic acids is 1. The minimum absolute atomic E-state index is 0.200. The molecule has 2 heterocycles. The number of alkyl halides is 3. The lowest BCUT2D eigenvalue weighted by Gasteiger charge is -2.32. The first-order valence-electron chi connectivity index (χ1n) is 9.69. The average molecular weight is 441 g/mol. The highest BCUT2D eigenvalue weighted by Gasteiger charge is 2.57. The van der Waals surface area contributed by atoms with Gasteiger partial charge in [0.15, 0.2) is 0 Å². The van der Waals surface area contributed by atoms with Crippen LogP contribution < -0.4 is 10.6 Å². The summed E-state index contributed by atoms with van der Waals surface area (Å²) in [6.45, 7) is 9.71. The molecule has 2 amide bonds. The van der Waals surface area contributed by atoms with Gasteiger partial charge < -0.3 is 14.6 Å². The topological polar surface area (TPSA) is 72.0 Å². The van der Waals surface area contributed by atoms with Crippen LogP contribution in [-0.2, 0) is 15.5 Å². The maximum atomic E-state index is 13.4. The van der Waals surface area contributed by atoms with Gasteiger partial charge in [-0.25, -0.2) is 14.2 Å². The van der Waals surface area contributed by atoms with Crippen LogP contribution in [0.2, 0.25) is 5.31 Å². The van der Waals surface area contributed by atoms with E-state index in [2.05, 4.69) is 15.6 Å². The van der Waals surface area contributed by atoms with Crippen molar-refractivity contribution in [2.45, 2.75) is 63.7 Å². The van der Waals surface area contributed by atoms with Crippen LogP contribution in [0.25, 0.3) is 0 Å². The van der Waals surface area contributed by atoms with Crippen molar-refractivity contribution in [3.05, 3.63) is 41.5 Å². The third-order valence-corrected chi connectivity index (χ3v) is 5.80. The highest BCUT2D eigenvalue weighted by atomic mass is 19.4. The van der Waals surface area contributed by atoms with Crippen molar-refractivity contribution < 1.29 is 31.7 Å². The second kappa shape index (κ2) is 7.63. The maximum absolute atomic E-state index is 13.4. The zero-order valence-corrected chi connectivity index (χ0v) is 17.9. The molecule has 0 radical (unpaired) electrons. The molecule has 168 valence electrons. The van der Waals surface area contributed by atoms with Crippen LogP contribution in [0, 0.1) is 5.82 Å². The Morgan fingerprint density at radius 3 is 2.23 bits per heavy atom. The van der Waals surface area contributed by atoms with Crippen LogP contribution in [0.4, 0.5) is 28.0 Å². The monoisotopic (exact) mass is 441 g/mol. The quantitative estimate of drug-likeness (QED) is 0.505. The fourth-order valence-corrected chi connectivity index (χ4v) is 3.09. The molecule has 1 unspecified atom stereocenters. The van der Waals surface area contributed by atoms with Crippen LogP contribution in [0.5, 0.6) is 0 Å². The number of anilines is 1. The van der Waals surface area contributed by atoms with Crippen LogP contribution in [0.15, 0.2) is 35.1 Å². The Balaban J connectivity index is 1.62. The van der Waals surface area contributed by atoms with Gasteiger partial charge in [0.2, 0.25) is 0 Å². The molecule has 11 heteroatoms. The molecule has 2 aliphatic heterocycles. The molecule has 0 bridgehead atoms. The summed E-state index contributed by atoms with van der Waals surface area (Å²) in [7, 11) is -0.534. The third kappa shape index (κ3) is 4.77. The van der Waals surface area contributed by atoms with Crippen molar-refractivity contribution >= 4 is 25.1 Å². The number of urea groups is 1. The molecule has 2 N–H and O–H groups in total. The highest BCUT2D eigenvalue weighted by Crippen LogP contribution is 2.47. The lowest BCUT2D eigenvalue weighted by molar-refractivity contribution is -0.139. The Kier molecular flexibility index (Phi) is 5.73. The van der Waals surface area contributed by atoms with Crippen molar-refractivity contribution in [2.75, 3.05) is 5.32 Å².